The molecule has 188 valence electrons. The Kier molecular flexibility index (Phi) is 6.03. The number of nitrogens with one attached hydrogen (secondary N) is 1. The van der Waals surface area contributed by atoms with Crippen molar-refractivity contribution in [2.45, 2.75) is 52.0 Å². The van der Waals surface area contributed by atoms with Crippen LogP contribution in [-0.2, 0) is 4.74 Å². The van der Waals surface area contributed by atoms with Crippen molar-refractivity contribution in [3.63, 3.8) is 0 Å². The van der Waals surface area contributed by atoms with Crippen molar-refractivity contribution < 1.29 is 14.6 Å². The zero-order valence-corrected chi connectivity index (χ0v) is 20.8. The highest BCUT2D eigenvalue weighted by Crippen LogP contribution is 2.36. The molecule has 0 aliphatic heterocycles. The SMILES string of the molecule is Cc1cc2c(C)cc(OCC3=CC(n4ccc5c(N)ncnc54)C[C@@H]3OC(C)(C)O)cc2nc1NN. The number of aromatic nitrogens is 4. The first-order chi connectivity index (χ1) is 17.1. The third-order valence-corrected chi connectivity index (χ3v) is 6.45. The van der Waals surface area contributed by atoms with Gasteiger partial charge in [-0.15, -0.1) is 0 Å². The number of nitrogens with zero attached hydrogens (tertiary/aromatic N) is 4. The molecule has 3 heterocycles. The molecule has 10 heteroatoms. The Morgan fingerprint density at radius 3 is 2.72 bits per heavy atom. The van der Waals surface area contributed by atoms with Crippen LogP contribution in [0.2, 0.25) is 0 Å². The minimum Gasteiger partial charge on any atom is -0.489 e. The highest BCUT2D eigenvalue weighted by molar-refractivity contribution is 5.87. The largest absolute Gasteiger partial charge is 0.489 e. The van der Waals surface area contributed by atoms with Gasteiger partial charge >= 0.3 is 0 Å². The van der Waals surface area contributed by atoms with Gasteiger partial charge in [0.25, 0.3) is 0 Å². The van der Waals surface area contributed by atoms with Crippen LogP contribution in [0.5, 0.6) is 5.75 Å². The van der Waals surface area contributed by atoms with Crippen molar-refractivity contribution in [1.82, 2.24) is 19.5 Å². The smallest absolute Gasteiger partial charge is 0.160 e. The van der Waals surface area contributed by atoms with Crippen LogP contribution in [0, 0.1) is 13.8 Å². The molecule has 0 saturated carbocycles. The number of aryl methyl sites for hydroxylation is 2. The first-order valence-corrected chi connectivity index (χ1v) is 11.8. The zero-order chi connectivity index (χ0) is 25.6. The van der Waals surface area contributed by atoms with Crippen molar-refractivity contribution in [3.05, 3.63) is 59.6 Å². The molecule has 1 unspecified atom stereocenters. The Morgan fingerprint density at radius 2 is 1.97 bits per heavy atom. The van der Waals surface area contributed by atoms with Crippen LogP contribution < -0.4 is 21.7 Å². The molecule has 3 aromatic heterocycles. The first-order valence-electron chi connectivity index (χ1n) is 11.8. The maximum absolute atomic E-state index is 10.4. The minimum atomic E-state index is -1.29. The second-order valence-electron chi connectivity index (χ2n) is 9.71. The summed E-state index contributed by atoms with van der Waals surface area (Å²) in [5.74, 6) is 6.08. The summed E-state index contributed by atoms with van der Waals surface area (Å²) in [7, 11) is 0. The van der Waals surface area contributed by atoms with Crippen LogP contribution in [0.25, 0.3) is 21.9 Å². The molecule has 2 atom stereocenters. The van der Waals surface area contributed by atoms with Gasteiger partial charge in [0.2, 0.25) is 0 Å². The topological polar surface area (TPSA) is 146 Å². The number of nitrogens with two attached hydrogens (primary N) is 2. The predicted octanol–water partition coefficient (Wildman–Crippen LogP) is 3.53. The van der Waals surface area contributed by atoms with E-state index in [2.05, 4.69) is 37.1 Å². The van der Waals surface area contributed by atoms with E-state index < -0.39 is 5.79 Å². The van der Waals surface area contributed by atoms with Gasteiger partial charge in [0.1, 0.15) is 36.0 Å². The first kappa shape index (κ1) is 24.0. The Bertz CT molecular complexity index is 1470. The van der Waals surface area contributed by atoms with Crippen LogP contribution in [0.3, 0.4) is 0 Å². The summed E-state index contributed by atoms with van der Waals surface area (Å²) >= 11 is 0. The number of aliphatic hydroxyl groups is 1. The van der Waals surface area contributed by atoms with Crippen molar-refractivity contribution in [1.29, 1.82) is 0 Å². The second-order valence-corrected chi connectivity index (χ2v) is 9.71. The van der Waals surface area contributed by atoms with Crippen molar-refractivity contribution in [2.75, 3.05) is 17.8 Å². The molecule has 0 saturated heterocycles. The van der Waals surface area contributed by atoms with E-state index in [1.165, 1.54) is 6.33 Å². The summed E-state index contributed by atoms with van der Waals surface area (Å²) < 4.78 is 14.3. The van der Waals surface area contributed by atoms with Gasteiger partial charge < -0.3 is 30.3 Å². The summed E-state index contributed by atoms with van der Waals surface area (Å²) in [6.07, 6.45) is 5.82. The molecule has 1 aliphatic carbocycles. The average Bonchev–Trinajstić information content (AvgIpc) is 3.41. The van der Waals surface area contributed by atoms with Gasteiger partial charge in [-0.2, -0.15) is 0 Å². The molecule has 0 radical (unpaired) electrons. The minimum absolute atomic E-state index is 0.0380. The lowest BCUT2D eigenvalue weighted by atomic mass is 10.1. The second kappa shape index (κ2) is 9.05. The highest BCUT2D eigenvalue weighted by Gasteiger charge is 2.33. The third kappa shape index (κ3) is 4.58. The van der Waals surface area contributed by atoms with Crippen molar-refractivity contribution in [3.8, 4) is 5.75 Å². The van der Waals surface area contributed by atoms with Gasteiger partial charge in [-0.05, 0) is 62.6 Å². The fraction of sp³-hybridized carbons (Fsp3) is 0.346. The normalized spacial score (nSPS) is 18.1. The van der Waals surface area contributed by atoms with Gasteiger partial charge in [-0.3, -0.25) is 0 Å². The van der Waals surface area contributed by atoms with Crippen LogP contribution in [-0.4, -0.2) is 43.1 Å². The molecule has 0 spiro atoms. The number of rotatable bonds is 7. The quantitative estimate of drug-likeness (QED) is 0.132. The Hall–Kier alpha value is -3.73. The molecule has 0 amide bonds. The van der Waals surface area contributed by atoms with E-state index in [0.29, 0.717) is 30.4 Å². The lowest BCUT2D eigenvalue weighted by molar-refractivity contribution is -0.197. The van der Waals surface area contributed by atoms with Gasteiger partial charge in [-0.25, -0.2) is 20.8 Å². The number of pyridine rings is 1. The van der Waals surface area contributed by atoms with Gasteiger partial charge in [0, 0.05) is 24.1 Å². The maximum Gasteiger partial charge on any atom is 0.160 e. The summed E-state index contributed by atoms with van der Waals surface area (Å²) in [4.78, 5) is 13.1. The summed E-state index contributed by atoms with van der Waals surface area (Å²) in [5, 5.41) is 12.2. The van der Waals surface area contributed by atoms with Gasteiger partial charge in [0.05, 0.1) is 23.0 Å². The molecule has 1 aromatic carbocycles. The number of hydrazine groups is 1. The lowest BCUT2D eigenvalue weighted by Crippen LogP contribution is -2.31. The molecule has 4 aromatic rings. The summed E-state index contributed by atoms with van der Waals surface area (Å²) in [6.45, 7) is 7.54. The molecule has 0 fully saturated rings. The molecule has 10 nitrogen and oxygen atoms in total. The zero-order valence-electron chi connectivity index (χ0n) is 20.8. The Morgan fingerprint density at radius 1 is 1.17 bits per heavy atom. The molecule has 36 heavy (non-hydrogen) atoms. The summed E-state index contributed by atoms with van der Waals surface area (Å²) in [5.41, 5.74) is 13.2. The predicted molar refractivity (Wildman–Crippen MR) is 139 cm³/mol. The van der Waals surface area contributed by atoms with Crippen LogP contribution in [0.4, 0.5) is 11.6 Å². The van der Waals surface area contributed by atoms with E-state index in [0.717, 1.165) is 38.6 Å². The van der Waals surface area contributed by atoms with Crippen molar-refractivity contribution >= 4 is 33.6 Å². The van der Waals surface area contributed by atoms with Gasteiger partial charge in [0.15, 0.2) is 5.79 Å². The number of hydrogen-bond acceptors (Lipinski definition) is 9. The van der Waals surface area contributed by atoms with Crippen LogP contribution in [0.15, 0.2) is 48.4 Å². The standard InChI is InChI=1S/C26H31N7O3/c1-14-7-18(11-21-20(14)8-15(2)24(31-21)32-28)35-12-16-9-17(10-22(16)36-26(3,4)34)33-6-5-19-23(27)29-13-30-25(19)33/h5-9,11,13,17,22,34H,10,12,28H2,1-4H3,(H,31,32)(H2,27,29,30)/t17?,22-/m0/s1. The number of ether oxygens (including phenoxy) is 2. The molecular weight excluding hydrogens is 458 g/mol. The molecule has 1 aliphatic rings. The number of benzene rings is 1. The van der Waals surface area contributed by atoms with Crippen molar-refractivity contribution in [2.24, 2.45) is 5.84 Å². The van der Waals surface area contributed by atoms with Crippen LogP contribution >= 0.6 is 0 Å². The molecule has 0 bridgehead atoms. The molecule has 6 N–H and O–H groups in total. The van der Waals surface area contributed by atoms with E-state index >= 15 is 0 Å². The fourth-order valence-electron chi connectivity index (χ4n) is 4.78. The Balaban J connectivity index is 1.44. The number of fused-ring (bicyclic) bond motifs is 2. The van der Waals surface area contributed by atoms with E-state index in [9.17, 15) is 5.11 Å². The number of allylic oxidation sites excluding steroid dienone is 1. The summed E-state index contributed by atoms with van der Waals surface area (Å²) in [6, 6.07) is 7.84. The van der Waals surface area contributed by atoms with E-state index in [1.807, 2.05) is 38.2 Å². The van der Waals surface area contributed by atoms with Crippen LogP contribution in [0.1, 0.15) is 37.4 Å². The van der Waals surface area contributed by atoms with E-state index in [4.69, 9.17) is 21.1 Å². The Labute approximate surface area is 208 Å². The third-order valence-electron chi connectivity index (χ3n) is 6.45. The fourth-order valence-corrected chi connectivity index (χ4v) is 4.78. The van der Waals surface area contributed by atoms with E-state index in [-0.39, 0.29) is 12.1 Å². The molecule has 5 rings (SSSR count). The molecular formula is C26H31N7O3. The lowest BCUT2D eigenvalue weighted by Gasteiger charge is -2.26. The average molecular weight is 490 g/mol. The monoisotopic (exact) mass is 489 g/mol. The van der Waals surface area contributed by atoms with E-state index in [1.54, 1.807) is 13.8 Å². The number of nitrogen functional groups attached to an aromatic ring is 2. The number of hydrogen-bond donors (Lipinski definition) is 4. The maximum atomic E-state index is 10.4. The highest BCUT2D eigenvalue weighted by atomic mass is 16.6. The number of anilines is 2. The van der Waals surface area contributed by atoms with Gasteiger partial charge in [-0.1, -0.05) is 6.08 Å².